The van der Waals surface area contributed by atoms with Gasteiger partial charge >= 0.3 is 0 Å². The lowest BCUT2D eigenvalue weighted by Gasteiger charge is -2.36. The van der Waals surface area contributed by atoms with E-state index in [-0.39, 0.29) is 11.8 Å². The van der Waals surface area contributed by atoms with Gasteiger partial charge in [0.15, 0.2) is 0 Å². The van der Waals surface area contributed by atoms with E-state index in [1.807, 2.05) is 12.3 Å². The van der Waals surface area contributed by atoms with Crippen LogP contribution in [0.1, 0.15) is 41.1 Å². The summed E-state index contributed by atoms with van der Waals surface area (Å²) in [6.45, 7) is 0.927. The Hall–Kier alpha value is -1.56. The van der Waals surface area contributed by atoms with Crippen LogP contribution in [0.5, 0.6) is 0 Å². The zero-order chi connectivity index (χ0) is 25.7. The van der Waals surface area contributed by atoms with E-state index in [0.717, 1.165) is 45.2 Å². The van der Waals surface area contributed by atoms with Gasteiger partial charge in [-0.1, -0.05) is 32.7 Å². The van der Waals surface area contributed by atoms with Crippen LogP contribution in [0.15, 0.2) is 66.5 Å². The predicted octanol–water partition coefficient (Wildman–Crippen LogP) is 7.31. The molecule has 0 spiro atoms. The van der Waals surface area contributed by atoms with Crippen molar-refractivity contribution in [3.05, 3.63) is 84.5 Å². The highest BCUT2D eigenvalue weighted by atomic mass is 79.9. The number of hydrogen-bond acceptors (Lipinski definition) is 6. The zero-order valence-corrected chi connectivity index (χ0v) is 25.1. The molecular formula is C26H22Br2ClN3O3S2. The quantitative estimate of drug-likeness (QED) is 0.226. The molecule has 0 bridgehead atoms. The standard InChI is InChI=1S/C26H22Br2ClN3O3S2/c27-18-9-17-2-1-16-10-19(29)11-21(28)24(16)25(26(17)30-13-18)15-3-6-32(7-4-15)37(33,34)20-12-23(36-14-20)22-5-8-35-31-22/h5,8-15,25H,1-4,6-7H2. The summed E-state index contributed by atoms with van der Waals surface area (Å²) in [5, 5.41) is 6.32. The van der Waals surface area contributed by atoms with Crippen LogP contribution in [0.3, 0.4) is 0 Å². The maximum Gasteiger partial charge on any atom is 0.243 e. The van der Waals surface area contributed by atoms with E-state index in [0.29, 0.717) is 28.7 Å². The maximum absolute atomic E-state index is 13.5. The molecule has 192 valence electrons. The molecule has 0 radical (unpaired) electrons. The molecule has 1 fully saturated rings. The number of rotatable bonds is 4. The Bertz CT molecular complexity index is 1570. The molecular weight excluding hydrogens is 662 g/mol. The van der Waals surface area contributed by atoms with Gasteiger partial charge in [-0.2, -0.15) is 4.31 Å². The van der Waals surface area contributed by atoms with Crippen molar-refractivity contribution in [2.45, 2.75) is 36.5 Å². The summed E-state index contributed by atoms with van der Waals surface area (Å²) in [4.78, 5) is 5.98. The Morgan fingerprint density at radius 1 is 1.08 bits per heavy atom. The van der Waals surface area contributed by atoms with E-state index in [9.17, 15) is 8.42 Å². The molecule has 0 amide bonds. The zero-order valence-electron chi connectivity index (χ0n) is 19.5. The minimum Gasteiger partial charge on any atom is -0.364 e. The van der Waals surface area contributed by atoms with Crippen molar-refractivity contribution in [3.8, 4) is 10.6 Å². The first-order valence-electron chi connectivity index (χ1n) is 11.9. The number of aromatic nitrogens is 2. The molecule has 1 aliphatic heterocycles. The molecule has 1 aromatic carbocycles. The summed E-state index contributed by atoms with van der Waals surface area (Å²) in [7, 11) is -3.60. The summed E-state index contributed by atoms with van der Waals surface area (Å²) in [5.41, 5.74) is 5.41. The van der Waals surface area contributed by atoms with E-state index in [1.165, 1.54) is 34.3 Å². The third-order valence-electron chi connectivity index (χ3n) is 7.29. The Balaban J connectivity index is 1.29. The van der Waals surface area contributed by atoms with Gasteiger partial charge in [-0.3, -0.25) is 4.98 Å². The summed E-state index contributed by atoms with van der Waals surface area (Å²) in [5.74, 6) is 0.318. The third kappa shape index (κ3) is 4.85. The van der Waals surface area contributed by atoms with Crippen molar-refractivity contribution in [1.82, 2.24) is 14.4 Å². The van der Waals surface area contributed by atoms with Gasteiger partial charge in [0.25, 0.3) is 0 Å². The van der Waals surface area contributed by atoms with Crippen LogP contribution < -0.4 is 0 Å². The minimum absolute atomic E-state index is 0.0667. The molecule has 1 saturated heterocycles. The van der Waals surface area contributed by atoms with Gasteiger partial charge in [0.1, 0.15) is 12.0 Å². The van der Waals surface area contributed by atoms with Crippen LogP contribution in [0, 0.1) is 5.92 Å². The van der Waals surface area contributed by atoms with E-state index < -0.39 is 10.0 Å². The molecule has 0 N–H and O–H groups in total. The predicted molar refractivity (Wildman–Crippen MR) is 152 cm³/mol. The highest BCUT2D eigenvalue weighted by Gasteiger charge is 2.38. The van der Waals surface area contributed by atoms with Crippen molar-refractivity contribution in [3.63, 3.8) is 0 Å². The Morgan fingerprint density at radius 3 is 2.62 bits per heavy atom. The summed E-state index contributed by atoms with van der Waals surface area (Å²) < 4.78 is 35.4. The van der Waals surface area contributed by atoms with Crippen LogP contribution in [0.2, 0.25) is 5.02 Å². The number of piperidine rings is 1. The fraction of sp³-hybridized carbons (Fsp3) is 0.308. The molecule has 1 unspecified atom stereocenters. The van der Waals surface area contributed by atoms with Gasteiger partial charge in [0, 0.05) is 50.6 Å². The van der Waals surface area contributed by atoms with E-state index in [4.69, 9.17) is 21.1 Å². The fourth-order valence-electron chi connectivity index (χ4n) is 5.56. The summed E-state index contributed by atoms with van der Waals surface area (Å²) in [6, 6.07) is 9.61. The topological polar surface area (TPSA) is 76.3 Å². The lowest BCUT2D eigenvalue weighted by molar-refractivity contribution is 0.254. The van der Waals surface area contributed by atoms with Crippen LogP contribution in [-0.2, 0) is 22.9 Å². The average molecular weight is 684 g/mol. The largest absolute Gasteiger partial charge is 0.364 e. The smallest absolute Gasteiger partial charge is 0.243 e. The Morgan fingerprint density at radius 2 is 1.86 bits per heavy atom. The van der Waals surface area contributed by atoms with Gasteiger partial charge in [0.2, 0.25) is 10.0 Å². The second-order valence-corrected chi connectivity index (χ2v) is 14.5. The average Bonchev–Trinajstić information content (AvgIpc) is 3.55. The van der Waals surface area contributed by atoms with Crippen molar-refractivity contribution >= 4 is 64.8 Å². The number of nitrogens with zero attached hydrogens (tertiary/aromatic N) is 3. The molecule has 1 aliphatic carbocycles. The fourth-order valence-corrected chi connectivity index (χ4v) is 9.75. The SMILES string of the molecule is O=S(=O)(c1csc(-c2ccon2)c1)N1CCC(C2c3ncc(Br)cc3CCc3cc(Cl)cc(Br)c32)CC1. The van der Waals surface area contributed by atoms with Gasteiger partial charge in [-0.05, 0) is 88.5 Å². The summed E-state index contributed by atoms with van der Waals surface area (Å²) in [6.07, 6.45) is 6.61. The number of thiophene rings is 1. The highest BCUT2D eigenvalue weighted by Crippen LogP contribution is 2.46. The van der Waals surface area contributed by atoms with Crippen molar-refractivity contribution in [2.75, 3.05) is 13.1 Å². The number of pyridine rings is 1. The van der Waals surface area contributed by atoms with Gasteiger partial charge < -0.3 is 4.52 Å². The van der Waals surface area contributed by atoms with Crippen LogP contribution in [-0.4, -0.2) is 36.0 Å². The summed E-state index contributed by atoms with van der Waals surface area (Å²) >= 11 is 15.2. The number of aryl methyl sites for hydroxylation is 2. The van der Waals surface area contributed by atoms with Crippen molar-refractivity contribution in [2.24, 2.45) is 5.92 Å². The first-order chi connectivity index (χ1) is 17.8. The van der Waals surface area contributed by atoms with E-state index in [2.05, 4.69) is 49.1 Å². The number of hydrogen-bond donors (Lipinski definition) is 0. The maximum atomic E-state index is 13.5. The Kier molecular flexibility index (Phi) is 7.09. The van der Waals surface area contributed by atoms with E-state index in [1.54, 1.807) is 21.8 Å². The van der Waals surface area contributed by atoms with Gasteiger partial charge in [-0.25, -0.2) is 8.42 Å². The third-order valence-corrected chi connectivity index (χ3v) is 11.6. The molecule has 1 atom stereocenters. The van der Waals surface area contributed by atoms with Gasteiger partial charge in [0.05, 0.1) is 15.5 Å². The van der Waals surface area contributed by atoms with Crippen LogP contribution in [0.4, 0.5) is 0 Å². The molecule has 0 saturated carbocycles. The second kappa shape index (κ2) is 10.2. The number of benzene rings is 1. The lowest BCUT2D eigenvalue weighted by atomic mass is 9.77. The van der Waals surface area contributed by atoms with Crippen LogP contribution >= 0.6 is 54.8 Å². The first kappa shape index (κ1) is 25.7. The Labute approximate surface area is 241 Å². The molecule has 6 rings (SSSR count). The van der Waals surface area contributed by atoms with Gasteiger partial charge in [-0.15, -0.1) is 11.3 Å². The number of fused-ring (bicyclic) bond motifs is 2. The number of sulfonamides is 1. The molecule has 37 heavy (non-hydrogen) atoms. The first-order valence-corrected chi connectivity index (χ1v) is 16.2. The lowest BCUT2D eigenvalue weighted by Crippen LogP contribution is -2.40. The second-order valence-electron chi connectivity index (χ2n) is 9.41. The van der Waals surface area contributed by atoms with Crippen LogP contribution in [0.25, 0.3) is 10.6 Å². The normalized spacial score (nSPS) is 18.8. The minimum atomic E-state index is -3.60. The molecule has 4 aromatic rings. The molecule has 2 aliphatic rings. The monoisotopic (exact) mass is 681 g/mol. The van der Waals surface area contributed by atoms with Crippen molar-refractivity contribution < 1.29 is 12.9 Å². The molecule has 4 heterocycles. The highest BCUT2D eigenvalue weighted by molar-refractivity contribution is 9.10. The number of halogens is 3. The van der Waals surface area contributed by atoms with Crippen molar-refractivity contribution in [1.29, 1.82) is 0 Å². The molecule has 11 heteroatoms. The molecule has 3 aromatic heterocycles. The molecule has 6 nitrogen and oxygen atoms in total. The van der Waals surface area contributed by atoms with E-state index >= 15 is 0 Å².